The van der Waals surface area contributed by atoms with Gasteiger partial charge in [0.15, 0.2) is 11.0 Å². The molecule has 0 spiro atoms. The Morgan fingerprint density at radius 3 is 2.67 bits per heavy atom. The molecule has 100 valence electrons. The molecule has 1 N–H and O–H groups in total. The Hall–Kier alpha value is -1.04. The van der Waals surface area contributed by atoms with Gasteiger partial charge in [-0.2, -0.15) is 4.98 Å². The molecule has 18 heavy (non-hydrogen) atoms. The van der Waals surface area contributed by atoms with E-state index >= 15 is 0 Å². The molecule has 1 aromatic rings. The summed E-state index contributed by atoms with van der Waals surface area (Å²) < 4.78 is 5.05. The molecular weight excluding hydrogens is 248 g/mol. The van der Waals surface area contributed by atoms with Gasteiger partial charge in [0.05, 0.1) is 6.54 Å². The summed E-state index contributed by atoms with van der Waals surface area (Å²) >= 11 is 1.79. The van der Waals surface area contributed by atoms with Crippen LogP contribution >= 0.6 is 11.8 Å². The molecule has 1 aliphatic rings. The van der Waals surface area contributed by atoms with Crippen LogP contribution in [0.3, 0.4) is 0 Å². The van der Waals surface area contributed by atoms with Crippen molar-refractivity contribution in [2.24, 2.45) is 10.4 Å². The van der Waals surface area contributed by atoms with Crippen molar-refractivity contribution in [2.45, 2.75) is 40.2 Å². The molecule has 0 fully saturated rings. The third-order valence-electron chi connectivity index (χ3n) is 3.53. The summed E-state index contributed by atoms with van der Waals surface area (Å²) in [5.41, 5.74) is 0.386. The van der Waals surface area contributed by atoms with Crippen molar-refractivity contribution in [3.8, 4) is 0 Å². The number of hydrogen-bond donors (Lipinski definition) is 1. The Morgan fingerprint density at radius 1 is 1.39 bits per heavy atom. The minimum absolute atomic E-state index is 0.386. The molecule has 0 radical (unpaired) electrons. The van der Waals surface area contributed by atoms with E-state index in [1.54, 1.807) is 11.8 Å². The predicted molar refractivity (Wildman–Crippen MR) is 73.6 cm³/mol. The van der Waals surface area contributed by atoms with Crippen LogP contribution in [0.1, 0.15) is 38.4 Å². The fourth-order valence-corrected chi connectivity index (χ4v) is 3.17. The van der Waals surface area contributed by atoms with E-state index in [0.717, 1.165) is 17.5 Å². The molecule has 1 aromatic heterocycles. The molecule has 0 amide bonds. The number of aryl methyl sites for hydroxylation is 1. The highest BCUT2D eigenvalue weighted by molar-refractivity contribution is 8.13. The van der Waals surface area contributed by atoms with Gasteiger partial charge in [-0.3, -0.25) is 4.99 Å². The largest absolute Gasteiger partial charge is 0.356 e. The molecule has 0 saturated carbocycles. The maximum Gasteiger partial charge on any atom is 0.245 e. The molecule has 1 aliphatic heterocycles. The first-order chi connectivity index (χ1) is 8.67. The van der Waals surface area contributed by atoms with Crippen molar-refractivity contribution in [1.82, 2.24) is 15.5 Å². The van der Waals surface area contributed by atoms with E-state index in [4.69, 9.17) is 4.52 Å². The topological polar surface area (TPSA) is 63.3 Å². The first kappa shape index (κ1) is 13.4. The second-order valence-electron chi connectivity index (χ2n) is 4.71. The van der Waals surface area contributed by atoms with Gasteiger partial charge in [0.2, 0.25) is 5.89 Å². The van der Waals surface area contributed by atoms with Gasteiger partial charge in [0, 0.05) is 12.3 Å². The normalized spacial score (nSPS) is 18.5. The predicted octanol–water partition coefficient (Wildman–Crippen LogP) is 2.38. The minimum Gasteiger partial charge on any atom is -0.356 e. The van der Waals surface area contributed by atoms with Crippen LogP contribution in [0.25, 0.3) is 0 Å². The molecule has 0 aliphatic carbocycles. The van der Waals surface area contributed by atoms with Gasteiger partial charge in [-0.15, -0.1) is 0 Å². The lowest BCUT2D eigenvalue weighted by Gasteiger charge is -2.33. The number of rotatable bonds is 4. The number of nitrogens with one attached hydrogen (secondary N) is 1. The number of amidine groups is 1. The standard InChI is InChI=1S/C12H20N4OS/c1-4-12(5-2)7-14-11(18-8-12)13-6-10-15-9(3)16-17-10/h4-8H2,1-3H3,(H,13,14). The Kier molecular flexibility index (Phi) is 4.27. The summed E-state index contributed by atoms with van der Waals surface area (Å²) in [6.07, 6.45) is 2.38. The summed E-state index contributed by atoms with van der Waals surface area (Å²) in [5, 5.41) is 8.00. The zero-order valence-corrected chi connectivity index (χ0v) is 12.0. The maximum atomic E-state index is 5.05. The molecule has 2 rings (SSSR count). The zero-order chi connectivity index (χ0) is 13.0. The van der Waals surface area contributed by atoms with Gasteiger partial charge in [0.1, 0.15) is 0 Å². The molecule has 0 aromatic carbocycles. The number of aliphatic imine (C=N–C) groups is 1. The Bertz CT molecular complexity index is 425. The highest BCUT2D eigenvalue weighted by Gasteiger charge is 2.30. The summed E-state index contributed by atoms with van der Waals surface area (Å²) in [7, 11) is 0. The monoisotopic (exact) mass is 268 g/mol. The van der Waals surface area contributed by atoms with Gasteiger partial charge in [-0.25, -0.2) is 0 Å². The SMILES string of the molecule is CCC1(CC)CN=C(NCc2nc(C)no2)SC1. The Labute approximate surface area is 112 Å². The van der Waals surface area contributed by atoms with Crippen LogP contribution in [-0.2, 0) is 6.54 Å². The molecule has 5 nitrogen and oxygen atoms in total. The molecule has 6 heteroatoms. The highest BCUT2D eigenvalue weighted by Crippen LogP contribution is 2.34. The molecule has 2 heterocycles. The second-order valence-corrected chi connectivity index (χ2v) is 5.67. The van der Waals surface area contributed by atoms with Crippen LogP contribution < -0.4 is 5.32 Å². The quantitative estimate of drug-likeness (QED) is 0.908. The smallest absolute Gasteiger partial charge is 0.245 e. The van der Waals surface area contributed by atoms with Gasteiger partial charge in [-0.05, 0) is 25.2 Å². The Morgan fingerprint density at radius 2 is 2.17 bits per heavy atom. The fraction of sp³-hybridized carbons (Fsp3) is 0.750. The highest BCUT2D eigenvalue weighted by atomic mass is 32.2. The van der Waals surface area contributed by atoms with Crippen LogP contribution in [-0.4, -0.2) is 27.6 Å². The third-order valence-corrected chi connectivity index (χ3v) is 4.84. The lowest BCUT2D eigenvalue weighted by Crippen LogP contribution is -2.34. The van der Waals surface area contributed by atoms with Crippen molar-refractivity contribution in [1.29, 1.82) is 0 Å². The van der Waals surface area contributed by atoms with Crippen LogP contribution in [0.15, 0.2) is 9.52 Å². The van der Waals surface area contributed by atoms with E-state index in [-0.39, 0.29) is 0 Å². The van der Waals surface area contributed by atoms with Gasteiger partial charge in [0.25, 0.3) is 0 Å². The average Bonchev–Trinajstić information content (AvgIpc) is 2.83. The summed E-state index contributed by atoms with van der Waals surface area (Å²) in [5.74, 6) is 2.41. The number of nitrogens with zero attached hydrogens (tertiary/aromatic N) is 3. The van der Waals surface area contributed by atoms with Crippen molar-refractivity contribution in [3.05, 3.63) is 11.7 Å². The fourth-order valence-electron chi connectivity index (χ4n) is 1.90. The van der Waals surface area contributed by atoms with E-state index in [2.05, 4.69) is 34.3 Å². The van der Waals surface area contributed by atoms with Crippen molar-refractivity contribution in [3.63, 3.8) is 0 Å². The third kappa shape index (κ3) is 3.04. The van der Waals surface area contributed by atoms with E-state index in [1.807, 2.05) is 6.92 Å². The summed E-state index contributed by atoms with van der Waals surface area (Å²) in [6, 6.07) is 0. The van der Waals surface area contributed by atoms with E-state index < -0.39 is 0 Å². The van der Waals surface area contributed by atoms with Crippen LogP contribution in [0.5, 0.6) is 0 Å². The van der Waals surface area contributed by atoms with Crippen molar-refractivity contribution < 1.29 is 4.52 Å². The van der Waals surface area contributed by atoms with E-state index in [0.29, 0.717) is 23.7 Å². The Balaban J connectivity index is 1.87. The van der Waals surface area contributed by atoms with Crippen molar-refractivity contribution >= 4 is 16.9 Å². The van der Waals surface area contributed by atoms with E-state index in [9.17, 15) is 0 Å². The molecule has 0 saturated heterocycles. The second kappa shape index (κ2) is 5.73. The van der Waals surface area contributed by atoms with Crippen molar-refractivity contribution in [2.75, 3.05) is 12.3 Å². The number of aromatic nitrogens is 2. The lowest BCUT2D eigenvalue weighted by atomic mass is 9.84. The number of hydrogen-bond acceptors (Lipinski definition) is 6. The number of thioether (sulfide) groups is 1. The van der Waals surface area contributed by atoms with Crippen LogP contribution in [0.2, 0.25) is 0 Å². The lowest BCUT2D eigenvalue weighted by molar-refractivity contribution is 0.318. The maximum absolute atomic E-state index is 5.05. The van der Waals surface area contributed by atoms with Crippen LogP contribution in [0.4, 0.5) is 0 Å². The van der Waals surface area contributed by atoms with Gasteiger partial charge in [-0.1, -0.05) is 30.8 Å². The first-order valence-electron chi connectivity index (χ1n) is 6.38. The minimum atomic E-state index is 0.386. The average molecular weight is 268 g/mol. The molecular formula is C12H20N4OS. The van der Waals surface area contributed by atoms with E-state index in [1.165, 1.54) is 12.8 Å². The van der Waals surface area contributed by atoms with Crippen LogP contribution in [0, 0.1) is 12.3 Å². The summed E-state index contributed by atoms with van der Waals surface area (Å²) in [4.78, 5) is 8.78. The van der Waals surface area contributed by atoms with Gasteiger partial charge >= 0.3 is 0 Å². The first-order valence-corrected chi connectivity index (χ1v) is 7.36. The molecule has 0 unspecified atom stereocenters. The summed E-state index contributed by atoms with van der Waals surface area (Å²) in [6.45, 7) is 7.78. The van der Waals surface area contributed by atoms with Gasteiger partial charge < -0.3 is 9.84 Å². The molecule has 0 bridgehead atoms. The molecule has 0 atom stereocenters. The zero-order valence-electron chi connectivity index (χ0n) is 11.2.